The van der Waals surface area contributed by atoms with Crippen molar-refractivity contribution in [1.29, 1.82) is 0 Å². The van der Waals surface area contributed by atoms with Gasteiger partial charge in [0.25, 0.3) is 0 Å². The first-order valence-corrected chi connectivity index (χ1v) is 6.57. The first kappa shape index (κ1) is 12.6. The lowest BCUT2D eigenvalue weighted by Gasteiger charge is -1.98. The van der Waals surface area contributed by atoms with Gasteiger partial charge in [-0.25, -0.2) is 0 Å². The molecular weight excluding hydrogens is 252 g/mol. The SMILES string of the molecule is Cn1nccc1/C=C1/CC/C(=C\c2ccnn2C)C1=O. The molecule has 0 N–H and O–H groups in total. The van der Waals surface area contributed by atoms with Crippen LogP contribution in [0.15, 0.2) is 35.7 Å². The molecule has 1 saturated carbocycles. The van der Waals surface area contributed by atoms with Crippen molar-refractivity contribution in [2.24, 2.45) is 14.1 Å². The van der Waals surface area contributed by atoms with Gasteiger partial charge in [-0.2, -0.15) is 10.2 Å². The second-order valence-corrected chi connectivity index (χ2v) is 4.93. The van der Waals surface area contributed by atoms with E-state index in [4.69, 9.17) is 0 Å². The molecule has 0 bridgehead atoms. The minimum Gasteiger partial charge on any atom is -0.289 e. The maximum absolute atomic E-state index is 12.4. The second-order valence-electron chi connectivity index (χ2n) is 4.93. The summed E-state index contributed by atoms with van der Waals surface area (Å²) in [5, 5.41) is 8.22. The number of carbonyl (C=O) groups excluding carboxylic acids is 1. The maximum atomic E-state index is 12.4. The molecule has 2 aromatic heterocycles. The zero-order valence-electron chi connectivity index (χ0n) is 11.6. The summed E-state index contributed by atoms with van der Waals surface area (Å²) in [4.78, 5) is 12.4. The fraction of sp³-hybridized carbons (Fsp3) is 0.267. The third kappa shape index (κ3) is 2.22. The van der Waals surface area contributed by atoms with Gasteiger partial charge in [-0.05, 0) is 37.1 Å². The number of rotatable bonds is 2. The van der Waals surface area contributed by atoms with Crippen molar-refractivity contribution in [2.45, 2.75) is 12.8 Å². The summed E-state index contributed by atoms with van der Waals surface area (Å²) in [7, 11) is 3.75. The highest BCUT2D eigenvalue weighted by molar-refractivity contribution is 6.15. The molecule has 0 aromatic carbocycles. The summed E-state index contributed by atoms with van der Waals surface area (Å²) < 4.78 is 3.53. The van der Waals surface area contributed by atoms with E-state index in [0.29, 0.717) is 0 Å². The Balaban J connectivity index is 1.88. The Bertz CT molecular complexity index is 658. The van der Waals surface area contributed by atoms with Crippen LogP contribution in [0.3, 0.4) is 0 Å². The van der Waals surface area contributed by atoms with Crippen LogP contribution < -0.4 is 0 Å². The number of ketones is 1. The normalized spacial score (nSPS) is 19.4. The minimum atomic E-state index is 0.132. The standard InChI is InChI=1S/C15H16N4O/c1-18-13(5-7-16-18)9-11-3-4-12(15(11)20)10-14-6-8-17-19(14)2/h5-10H,3-4H2,1-2H3/b11-9-,12-10+. The Morgan fingerprint density at radius 1 is 0.950 bits per heavy atom. The Hall–Kier alpha value is -2.43. The number of hydrogen-bond acceptors (Lipinski definition) is 3. The summed E-state index contributed by atoms with van der Waals surface area (Å²) in [6.07, 6.45) is 8.90. The van der Waals surface area contributed by atoms with E-state index in [9.17, 15) is 4.79 Å². The van der Waals surface area contributed by atoms with Gasteiger partial charge in [-0.15, -0.1) is 0 Å². The summed E-state index contributed by atoms with van der Waals surface area (Å²) >= 11 is 0. The van der Waals surface area contributed by atoms with Crippen molar-refractivity contribution in [1.82, 2.24) is 19.6 Å². The van der Waals surface area contributed by atoms with Crippen LogP contribution in [-0.2, 0) is 18.9 Å². The van der Waals surface area contributed by atoms with Gasteiger partial charge in [-0.3, -0.25) is 14.2 Å². The van der Waals surface area contributed by atoms with Crippen LogP contribution in [-0.4, -0.2) is 25.3 Å². The van der Waals surface area contributed by atoms with E-state index in [0.717, 1.165) is 35.4 Å². The molecule has 102 valence electrons. The highest BCUT2D eigenvalue weighted by Crippen LogP contribution is 2.29. The Kier molecular flexibility index (Phi) is 3.10. The van der Waals surface area contributed by atoms with E-state index in [2.05, 4.69) is 10.2 Å². The average Bonchev–Trinajstić information content (AvgIpc) is 3.09. The lowest BCUT2D eigenvalue weighted by Crippen LogP contribution is -1.99. The van der Waals surface area contributed by atoms with Gasteiger partial charge in [0.05, 0.1) is 11.4 Å². The third-order valence-corrected chi connectivity index (χ3v) is 3.61. The number of aromatic nitrogens is 4. The van der Waals surface area contributed by atoms with E-state index in [1.807, 2.05) is 38.4 Å². The number of hydrogen-bond donors (Lipinski definition) is 0. The molecule has 1 fully saturated rings. The van der Waals surface area contributed by atoms with Crippen molar-refractivity contribution in [2.75, 3.05) is 0 Å². The largest absolute Gasteiger partial charge is 0.289 e. The molecule has 20 heavy (non-hydrogen) atoms. The average molecular weight is 268 g/mol. The number of aryl methyl sites for hydroxylation is 2. The molecular formula is C15H16N4O. The minimum absolute atomic E-state index is 0.132. The highest BCUT2D eigenvalue weighted by Gasteiger charge is 2.23. The molecule has 1 aliphatic rings. The van der Waals surface area contributed by atoms with Gasteiger partial charge in [0, 0.05) is 37.6 Å². The zero-order chi connectivity index (χ0) is 14.1. The molecule has 0 atom stereocenters. The lowest BCUT2D eigenvalue weighted by atomic mass is 10.1. The van der Waals surface area contributed by atoms with E-state index >= 15 is 0 Å². The van der Waals surface area contributed by atoms with Crippen LogP contribution in [0.1, 0.15) is 24.2 Å². The monoisotopic (exact) mass is 268 g/mol. The lowest BCUT2D eigenvalue weighted by molar-refractivity contribution is -0.111. The van der Waals surface area contributed by atoms with Gasteiger partial charge in [0.15, 0.2) is 5.78 Å². The van der Waals surface area contributed by atoms with Gasteiger partial charge >= 0.3 is 0 Å². The Morgan fingerprint density at radius 2 is 1.40 bits per heavy atom. The van der Waals surface area contributed by atoms with Crippen molar-refractivity contribution < 1.29 is 4.79 Å². The van der Waals surface area contributed by atoms with E-state index in [1.54, 1.807) is 21.8 Å². The molecule has 2 aromatic rings. The number of nitrogens with zero attached hydrogens (tertiary/aromatic N) is 4. The fourth-order valence-corrected chi connectivity index (χ4v) is 2.39. The van der Waals surface area contributed by atoms with Crippen LogP contribution >= 0.6 is 0 Å². The molecule has 0 unspecified atom stereocenters. The predicted octanol–water partition coefficient (Wildman–Crippen LogP) is 1.98. The first-order chi connectivity index (χ1) is 9.65. The Labute approximate surface area is 117 Å². The molecule has 0 aliphatic heterocycles. The second kappa shape index (κ2) is 4.92. The van der Waals surface area contributed by atoms with E-state index in [1.165, 1.54) is 0 Å². The van der Waals surface area contributed by atoms with Crippen LogP contribution in [0.25, 0.3) is 12.2 Å². The van der Waals surface area contributed by atoms with Crippen LogP contribution in [0.5, 0.6) is 0 Å². The number of carbonyl (C=O) groups is 1. The van der Waals surface area contributed by atoms with Crippen LogP contribution in [0.2, 0.25) is 0 Å². The van der Waals surface area contributed by atoms with Crippen LogP contribution in [0, 0.1) is 0 Å². The van der Waals surface area contributed by atoms with Gasteiger partial charge < -0.3 is 0 Å². The zero-order valence-corrected chi connectivity index (χ0v) is 11.6. The fourth-order valence-electron chi connectivity index (χ4n) is 2.39. The van der Waals surface area contributed by atoms with Gasteiger partial charge in [0.2, 0.25) is 0 Å². The molecule has 5 heteroatoms. The number of allylic oxidation sites excluding steroid dienone is 2. The molecule has 0 saturated heterocycles. The Morgan fingerprint density at radius 3 is 1.75 bits per heavy atom. The van der Waals surface area contributed by atoms with Crippen LogP contribution in [0.4, 0.5) is 0 Å². The molecule has 0 amide bonds. The van der Waals surface area contributed by atoms with E-state index in [-0.39, 0.29) is 5.78 Å². The topological polar surface area (TPSA) is 52.7 Å². The summed E-state index contributed by atoms with van der Waals surface area (Å²) in [6.45, 7) is 0. The highest BCUT2D eigenvalue weighted by atomic mass is 16.1. The van der Waals surface area contributed by atoms with Crippen molar-refractivity contribution in [3.8, 4) is 0 Å². The quantitative estimate of drug-likeness (QED) is 0.783. The van der Waals surface area contributed by atoms with Crippen molar-refractivity contribution in [3.63, 3.8) is 0 Å². The predicted molar refractivity (Wildman–Crippen MR) is 76.6 cm³/mol. The summed E-state index contributed by atoms with van der Waals surface area (Å²) in [6, 6.07) is 3.81. The van der Waals surface area contributed by atoms with Gasteiger partial charge in [-0.1, -0.05) is 0 Å². The van der Waals surface area contributed by atoms with Crippen molar-refractivity contribution >= 4 is 17.9 Å². The summed E-state index contributed by atoms with van der Waals surface area (Å²) in [5.41, 5.74) is 3.61. The van der Waals surface area contributed by atoms with Crippen molar-refractivity contribution in [3.05, 3.63) is 47.1 Å². The molecule has 3 rings (SSSR count). The molecule has 5 nitrogen and oxygen atoms in total. The number of Topliss-reactive ketones (excluding diaryl/α,β-unsaturated/α-hetero) is 1. The van der Waals surface area contributed by atoms with E-state index < -0.39 is 0 Å². The molecule has 1 aliphatic carbocycles. The van der Waals surface area contributed by atoms with Gasteiger partial charge in [0.1, 0.15) is 0 Å². The molecule has 0 radical (unpaired) electrons. The maximum Gasteiger partial charge on any atom is 0.185 e. The molecule has 2 heterocycles. The third-order valence-electron chi connectivity index (χ3n) is 3.61. The smallest absolute Gasteiger partial charge is 0.185 e. The molecule has 0 spiro atoms. The summed E-state index contributed by atoms with van der Waals surface area (Å²) in [5.74, 6) is 0.132. The first-order valence-electron chi connectivity index (χ1n) is 6.57.